The summed E-state index contributed by atoms with van der Waals surface area (Å²) in [6.45, 7) is 10.6. The van der Waals surface area contributed by atoms with Crippen molar-refractivity contribution in [3.05, 3.63) is 32.6 Å². The number of thiophene rings is 1. The highest BCUT2D eigenvalue weighted by Crippen LogP contribution is 2.35. The third-order valence-corrected chi connectivity index (χ3v) is 6.34. The highest BCUT2D eigenvalue weighted by atomic mass is 32.2. The number of unbranched alkanes of at least 4 members (excludes halogenated alkanes) is 1. The summed E-state index contributed by atoms with van der Waals surface area (Å²) in [6.07, 6.45) is 1.96. The Morgan fingerprint density at radius 3 is 2.68 bits per heavy atom. The second-order valence-corrected chi connectivity index (χ2v) is 8.60. The molecule has 0 N–H and O–H groups in total. The van der Waals surface area contributed by atoms with E-state index in [-0.39, 0.29) is 10.8 Å². The van der Waals surface area contributed by atoms with E-state index < -0.39 is 0 Å². The third kappa shape index (κ3) is 3.50. The lowest BCUT2D eigenvalue weighted by atomic mass is 10.2. The molecule has 0 aliphatic rings. The molecule has 3 aromatic rings. The van der Waals surface area contributed by atoms with Gasteiger partial charge in [-0.2, -0.15) is 0 Å². The van der Waals surface area contributed by atoms with Crippen LogP contribution in [0.2, 0.25) is 0 Å². The summed E-state index contributed by atoms with van der Waals surface area (Å²) in [5.41, 5.74) is 1.09. The number of thioether (sulfide) groups is 1. The molecular weight excluding hydrogens is 356 g/mol. The standard InChI is InChI=1S/C17H22N4O2S2/c1-6-7-8-21-16(22)13-9(2)10(3)24-15(13)18-17(21)25-11(4)14-20-19-12(5)23-14/h11H,6-8H2,1-5H3. The predicted molar refractivity (Wildman–Crippen MR) is 102 cm³/mol. The number of hydrogen-bond donors (Lipinski definition) is 0. The molecule has 0 aliphatic heterocycles. The van der Waals surface area contributed by atoms with Crippen molar-refractivity contribution in [1.82, 2.24) is 19.7 Å². The molecule has 0 aromatic carbocycles. The Balaban J connectivity index is 2.07. The number of nitrogens with zero attached hydrogens (tertiary/aromatic N) is 4. The molecule has 3 rings (SSSR count). The van der Waals surface area contributed by atoms with Crippen molar-refractivity contribution in [3.8, 4) is 0 Å². The van der Waals surface area contributed by atoms with E-state index in [4.69, 9.17) is 9.40 Å². The fourth-order valence-electron chi connectivity index (χ4n) is 2.60. The van der Waals surface area contributed by atoms with Crippen LogP contribution >= 0.6 is 23.1 Å². The molecule has 0 fully saturated rings. The molecule has 1 unspecified atom stereocenters. The van der Waals surface area contributed by atoms with Gasteiger partial charge in [0, 0.05) is 18.3 Å². The van der Waals surface area contributed by atoms with Crippen molar-refractivity contribution < 1.29 is 4.42 Å². The van der Waals surface area contributed by atoms with Gasteiger partial charge in [0.2, 0.25) is 11.8 Å². The minimum Gasteiger partial charge on any atom is -0.424 e. The Morgan fingerprint density at radius 2 is 2.04 bits per heavy atom. The maximum absolute atomic E-state index is 13.1. The summed E-state index contributed by atoms with van der Waals surface area (Å²) in [7, 11) is 0. The summed E-state index contributed by atoms with van der Waals surface area (Å²) < 4.78 is 7.32. The number of fused-ring (bicyclic) bond motifs is 1. The van der Waals surface area contributed by atoms with E-state index in [1.165, 1.54) is 11.8 Å². The van der Waals surface area contributed by atoms with Crippen LogP contribution in [0.25, 0.3) is 10.2 Å². The zero-order chi connectivity index (χ0) is 18.1. The van der Waals surface area contributed by atoms with Crippen LogP contribution in [0.1, 0.15) is 54.2 Å². The molecule has 0 spiro atoms. The smallest absolute Gasteiger partial charge is 0.263 e. The summed E-state index contributed by atoms with van der Waals surface area (Å²) in [4.78, 5) is 19.8. The van der Waals surface area contributed by atoms with Crippen molar-refractivity contribution in [3.63, 3.8) is 0 Å². The van der Waals surface area contributed by atoms with E-state index in [0.717, 1.165) is 38.7 Å². The van der Waals surface area contributed by atoms with Crippen LogP contribution in [0.4, 0.5) is 0 Å². The van der Waals surface area contributed by atoms with Gasteiger partial charge in [-0.1, -0.05) is 25.1 Å². The van der Waals surface area contributed by atoms with Gasteiger partial charge in [0.1, 0.15) is 4.83 Å². The van der Waals surface area contributed by atoms with E-state index in [9.17, 15) is 4.79 Å². The molecular formula is C17H22N4O2S2. The Kier molecular flexibility index (Phi) is 5.29. The van der Waals surface area contributed by atoms with Crippen LogP contribution in [0, 0.1) is 20.8 Å². The van der Waals surface area contributed by atoms with Gasteiger partial charge in [-0.15, -0.1) is 21.5 Å². The normalized spacial score (nSPS) is 12.8. The zero-order valence-corrected chi connectivity index (χ0v) is 16.8. The molecule has 0 aliphatic carbocycles. The molecule has 25 heavy (non-hydrogen) atoms. The van der Waals surface area contributed by atoms with E-state index in [0.29, 0.717) is 18.3 Å². The molecule has 6 nitrogen and oxygen atoms in total. The Bertz CT molecular complexity index is 958. The first kappa shape index (κ1) is 18.1. The molecule has 0 saturated heterocycles. The molecule has 3 aromatic heterocycles. The van der Waals surface area contributed by atoms with Gasteiger partial charge < -0.3 is 4.42 Å². The first-order chi connectivity index (χ1) is 11.9. The van der Waals surface area contributed by atoms with Crippen molar-refractivity contribution >= 4 is 33.3 Å². The minimum atomic E-state index is -0.0689. The molecule has 0 radical (unpaired) electrons. The quantitative estimate of drug-likeness (QED) is 0.467. The summed E-state index contributed by atoms with van der Waals surface area (Å²) >= 11 is 3.07. The van der Waals surface area contributed by atoms with Crippen molar-refractivity contribution in [2.24, 2.45) is 0 Å². The second-order valence-electron chi connectivity index (χ2n) is 6.09. The van der Waals surface area contributed by atoms with Gasteiger partial charge in [0.25, 0.3) is 5.56 Å². The Labute approximate surface area is 154 Å². The van der Waals surface area contributed by atoms with Gasteiger partial charge in [-0.3, -0.25) is 9.36 Å². The van der Waals surface area contributed by atoms with Gasteiger partial charge in [-0.05, 0) is 32.8 Å². The Morgan fingerprint density at radius 1 is 1.28 bits per heavy atom. The van der Waals surface area contributed by atoms with Crippen LogP contribution in [-0.4, -0.2) is 19.7 Å². The third-order valence-electron chi connectivity index (χ3n) is 4.16. The van der Waals surface area contributed by atoms with Crippen LogP contribution in [-0.2, 0) is 6.54 Å². The lowest BCUT2D eigenvalue weighted by molar-refractivity contribution is 0.469. The van der Waals surface area contributed by atoms with Crippen molar-refractivity contribution in [2.75, 3.05) is 0 Å². The maximum Gasteiger partial charge on any atom is 0.263 e. The lowest BCUT2D eigenvalue weighted by Crippen LogP contribution is -2.23. The average molecular weight is 379 g/mol. The monoisotopic (exact) mass is 378 g/mol. The van der Waals surface area contributed by atoms with E-state index in [2.05, 4.69) is 17.1 Å². The van der Waals surface area contributed by atoms with Gasteiger partial charge in [0.15, 0.2) is 5.16 Å². The first-order valence-corrected chi connectivity index (χ1v) is 10.1. The largest absolute Gasteiger partial charge is 0.424 e. The number of aryl methyl sites for hydroxylation is 3. The average Bonchev–Trinajstić information content (AvgIpc) is 3.11. The number of rotatable bonds is 6. The molecule has 3 heterocycles. The van der Waals surface area contributed by atoms with E-state index in [1.54, 1.807) is 22.8 Å². The van der Waals surface area contributed by atoms with E-state index >= 15 is 0 Å². The highest BCUT2D eigenvalue weighted by molar-refractivity contribution is 7.99. The van der Waals surface area contributed by atoms with Crippen molar-refractivity contribution in [2.45, 2.75) is 64.4 Å². The first-order valence-electron chi connectivity index (χ1n) is 8.39. The lowest BCUT2D eigenvalue weighted by Gasteiger charge is -2.13. The van der Waals surface area contributed by atoms with Gasteiger partial charge in [-0.25, -0.2) is 4.98 Å². The summed E-state index contributed by atoms with van der Waals surface area (Å²) in [5, 5.41) is 9.38. The van der Waals surface area contributed by atoms with Crippen LogP contribution in [0.15, 0.2) is 14.4 Å². The van der Waals surface area contributed by atoms with Gasteiger partial charge >= 0.3 is 0 Å². The summed E-state index contributed by atoms with van der Waals surface area (Å²) in [6, 6.07) is 0. The molecule has 1 atom stereocenters. The fraction of sp³-hybridized carbons (Fsp3) is 0.529. The molecule has 0 bridgehead atoms. The highest BCUT2D eigenvalue weighted by Gasteiger charge is 2.21. The maximum atomic E-state index is 13.1. The minimum absolute atomic E-state index is 0.0525. The fourth-order valence-corrected chi connectivity index (χ4v) is 4.63. The van der Waals surface area contributed by atoms with Crippen LogP contribution < -0.4 is 5.56 Å². The SMILES string of the molecule is CCCCn1c(SC(C)c2nnc(C)o2)nc2sc(C)c(C)c2c1=O. The van der Waals surface area contributed by atoms with E-state index in [1.807, 2.05) is 20.8 Å². The summed E-state index contributed by atoms with van der Waals surface area (Å²) in [5.74, 6) is 1.09. The number of aromatic nitrogens is 4. The number of hydrogen-bond acceptors (Lipinski definition) is 7. The molecule has 0 saturated carbocycles. The molecule has 8 heteroatoms. The molecule has 0 amide bonds. The van der Waals surface area contributed by atoms with Gasteiger partial charge in [0.05, 0.1) is 10.6 Å². The second kappa shape index (κ2) is 7.29. The van der Waals surface area contributed by atoms with Crippen LogP contribution in [0.3, 0.4) is 0 Å². The van der Waals surface area contributed by atoms with Crippen molar-refractivity contribution in [1.29, 1.82) is 0 Å². The predicted octanol–water partition coefficient (Wildman–Crippen LogP) is 4.42. The van der Waals surface area contributed by atoms with Crippen LogP contribution in [0.5, 0.6) is 0 Å². The molecule has 134 valence electrons. The topological polar surface area (TPSA) is 73.8 Å². The Hall–Kier alpha value is -1.67. The zero-order valence-electron chi connectivity index (χ0n) is 15.1.